The minimum absolute atomic E-state index is 0.00374. The summed E-state index contributed by atoms with van der Waals surface area (Å²) in [6.45, 7) is 1.20. The number of aromatic nitrogens is 1. The van der Waals surface area contributed by atoms with Crippen molar-refractivity contribution in [2.24, 2.45) is 5.73 Å². The molecule has 0 atom stereocenters. The molecule has 4 nitrogen and oxygen atoms in total. The van der Waals surface area contributed by atoms with E-state index in [1.807, 2.05) is 24.3 Å². The maximum absolute atomic E-state index is 11.8. The monoisotopic (exact) mass is 269 g/mol. The van der Waals surface area contributed by atoms with Gasteiger partial charge in [-0.2, -0.15) is 0 Å². The number of nitrogens with zero attached hydrogens (tertiary/aromatic N) is 1. The van der Waals surface area contributed by atoms with Gasteiger partial charge in [0.15, 0.2) is 0 Å². The molecule has 0 radical (unpaired) electrons. The third-order valence-electron chi connectivity index (χ3n) is 3.03. The fraction of sp³-hybridized carbons (Fsp3) is 0.250. The number of pyridine rings is 1. The average molecular weight is 269 g/mol. The zero-order valence-corrected chi connectivity index (χ0v) is 11.4. The molecule has 0 aliphatic rings. The van der Waals surface area contributed by atoms with Gasteiger partial charge in [-0.25, -0.2) is 0 Å². The van der Waals surface area contributed by atoms with Crippen LogP contribution in [-0.4, -0.2) is 17.4 Å². The number of nitrogens with two attached hydrogens (primary N) is 1. The summed E-state index contributed by atoms with van der Waals surface area (Å²) in [7, 11) is 0. The van der Waals surface area contributed by atoms with Crippen LogP contribution in [0, 0.1) is 0 Å². The third-order valence-corrected chi connectivity index (χ3v) is 3.03. The average Bonchev–Trinajstić information content (AvgIpc) is 2.48. The number of carbonyl (C=O) groups is 1. The first kappa shape index (κ1) is 14.2. The SMILES string of the molecule is NCCc1ccc(CNC(=O)Cc2cccnc2)cc1. The second kappa shape index (κ2) is 7.40. The second-order valence-electron chi connectivity index (χ2n) is 4.67. The van der Waals surface area contributed by atoms with E-state index < -0.39 is 0 Å². The van der Waals surface area contributed by atoms with E-state index in [1.165, 1.54) is 5.56 Å². The molecule has 1 aromatic heterocycles. The quantitative estimate of drug-likeness (QED) is 0.834. The predicted molar refractivity (Wildman–Crippen MR) is 79.0 cm³/mol. The Bertz CT molecular complexity index is 537. The molecule has 4 heteroatoms. The highest BCUT2D eigenvalue weighted by Crippen LogP contribution is 2.05. The first-order chi connectivity index (χ1) is 9.78. The molecule has 0 bridgehead atoms. The summed E-state index contributed by atoms with van der Waals surface area (Å²) in [5, 5.41) is 2.91. The smallest absolute Gasteiger partial charge is 0.224 e. The minimum Gasteiger partial charge on any atom is -0.352 e. The van der Waals surface area contributed by atoms with Crippen LogP contribution in [0.25, 0.3) is 0 Å². The van der Waals surface area contributed by atoms with E-state index in [4.69, 9.17) is 5.73 Å². The number of carbonyl (C=O) groups excluding carboxylic acids is 1. The van der Waals surface area contributed by atoms with E-state index in [9.17, 15) is 4.79 Å². The molecule has 0 spiro atoms. The summed E-state index contributed by atoms with van der Waals surface area (Å²) in [4.78, 5) is 15.8. The van der Waals surface area contributed by atoms with E-state index in [-0.39, 0.29) is 5.91 Å². The highest BCUT2D eigenvalue weighted by molar-refractivity contribution is 5.78. The summed E-state index contributed by atoms with van der Waals surface area (Å²) in [6, 6.07) is 11.9. The van der Waals surface area contributed by atoms with Gasteiger partial charge in [-0.1, -0.05) is 30.3 Å². The molecular formula is C16H19N3O. The van der Waals surface area contributed by atoms with E-state index in [0.717, 1.165) is 17.5 Å². The Hall–Kier alpha value is -2.20. The maximum atomic E-state index is 11.8. The molecular weight excluding hydrogens is 250 g/mol. The van der Waals surface area contributed by atoms with Crippen molar-refractivity contribution in [1.29, 1.82) is 0 Å². The zero-order chi connectivity index (χ0) is 14.2. The van der Waals surface area contributed by atoms with Gasteiger partial charge in [0.25, 0.3) is 0 Å². The Labute approximate surface area is 119 Å². The van der Waals surface area contributed by atoms with Crippen molar-refractivity contribution in [2.45, 2.75) is 19.4 Å². The number of amides is 1. The van der Waals surface area contributed by atoms with Crippen molar-refractivity contribution < 1.29 is 4.79 Å². The number of hydrogen-bond acceptors (Lipinski definition) is 3. The van der Waals surface area contributed by atoms with Gasteiger partial charge in [0.1, 0.15) is 0 Å². The molecule has 1 heterocycles. The first-order valence-corrected chi connectivity index (χ1v) is 6.71. The van der Waals surface area contributed by atoms with Crippen LogP contribution in [0.2, 0.25) is 0 Å². The Morgan fingerprint density at radius 1 is 1.10 bits per heavy atom. The Kier molecular flexibility index (Phi) is 5.26. The molecule has 2 rings (SSSR count). The van der Waals surface area contributed by atoms with Crippen LogP contribution in [0.4, 0.5) is 0 Å². The lowest BCUT2D eigenvalue weighted by atomic mass is 10.1. The van der Waals surface area contributed by atoms with Crippen molar-refractivity contribution >= 4 is 5.91 Å². The van der Waals surface area contributed by atoms with Gasteiger partial charge in [0.2, 0.25) is 5.91 Å². The van der Waals surface area contributed by atoms with Crippen LogP contribution < -0.4 is 11.1 Å². The maximum Gasteiger partial charge on any atom is 0.224 e. The van der Waals surface area contributed by atoms with Crippen molar-refractivity contribution in [2.75, 3.05) is 6.54 Å². The van der Waals surface area contributed by atoms with Gasteiger partial charge >= 0.3 is 0 Å². The molecule has 3 N–H and O–H groups in total. The molecule has 1 aromatic carbocycles. The molecule has 0 aliphatic heterocycles. The lowest BCUT2D eigenvalue weighted by Crippen LogP contribution is -2.24. The van der Waals surface area contributed by atoms with Crippen LogP contribution in [0.1, 0.15) is 16.7 Å². The molecule has 2 aromatic rings. The van der Waals surface area contributed by atoms with Gasteiger partial charge in [0.05, 0.1) is 6.42 Å². The predicted octanol–water partition coefficient (Wildman–Crippen LogP) is 1.44. The Balaban J connectivity index is 1.81. The van der Waals surface area contributed by atoms with E-state index in [1.54, 1.807) is 12.4 Å². The lowest BCUT2D eigenvalue weighted by molar-refractivity contribution is -0.120. The normalized spacial score (nSPS) is 10.2. The fourth-order valence-electron chi connectivity index (χ4n) is 1.94. The van der Waals surface area contributed by atoms with Crippen LogP contribution in [-0.2, 0) is 24.2 Å². The standard InChI is InChI=1S/C16H19N3O/c17-8-7-13-3-5-14(6-4-13)12-19-16(20)10-15-2-1-9-18-11-15/h1-6,9,11H,7-8,10,12,17H2,(H,19,20). The largest absolute Gasteiger partial charge is 0.352 e. The zero-order valence-electron chi connectivity index (χ0n) is 11.4. The molecule has 0 saturated carbocycles. The first-order valence-electron chi connectivity index (χ1n) is 6.71. The fourth-order valence-corrected chi connectivity index (χ4v) is 1.94. The second-order valence-corrected chi connectivity index (χ2v) is 4.67. The van der Waals surface area contributed by atoms with E-state index in [0.29, 0.717) is 19.5 Å². The molecule has 0 aliphatic carbocycles. The number of hydrogen-bond donors (Lipinski definition) is 2. The van der Waals surface area contributed by atoms with Gasteiger partial charge in [-0.3, -0.25) is 9.78 Å². The minimum atomic E-state index is 0.00374. The molecule has 104 valence electrons. The molecule has 0 unspecified atom stereocenters. The van der Waals surface area contributed by atoms with Gasteiger partial charge in [-0.15, -0.1) is 0 Å². The van der Waals surface area contributed by atoms with Crippen LogP contribution in [0.3, 0.4) is 0 Å². The molecule has 0 fully saturated rings. The van der Waals surface area contributed by atoms with Gasteiger partial charge in [0, 0.05) is 18.9 Å². The van der Waals surface area contributed by atoms with E-state index >= 15 is 0 Å². The van der Waals surface area contributed by atoms with E-state index in [2.05, 4.69) is 22.4 Å². The van der Waals surface area contributed by atoms with Gasteiger partial charge < -0.3 is 11.1 Å². The Morgan fingerprint density at radius 2 is 1.85 bits per heavy atom. The molecule has 0 saturated heterocycles. The van der Waals surface area contributed by atoms with Gasteiger partial charge in [-0.05, 0) is 35.7 Å². The lowest BCUT2D eigenvalue weighted by Gasteiger charge is -2.06. The number of benzene rings is 1. The summed E-state index contributed by atoms with van der Waals surface area (Å²) in [5.41, 5.74) is 8.74. The van der Waals surface area contributed by atoms with Crippen LogP contribution in [0.15, 0.2) is 48.8 Å². The van der Waals surface area contributed by atoms with Crippen molar-refractivity contribution in [3.05, 3.63) is 65.5 Å². The highest BCUT2D eigenvalue weighted by atomic mass is 16.1. The number of nitrogens with one attached hydrogen (secondary N) is 1. The molecule has 1 amide bonds. The summed E-state index contributed by atoms with van der Waals surface area (Å²) in [6.07, 6.45) is 4.65. The van der Waals surface area contributed by atoms with Crippen LogP contribution in [0.5, 0.6) is 0 Å². The Morgan fingerprint density at radius 3 is 2.50 bits per heavy atom. The van der Waals surface area contributed by atoms with Crippen molar-refractivity contribution in [1.82, 2.24) is 10.3 Å². The van der Waals surface area contributed by atoms with Crippen molar-refractivity contribution in [3.63, 3.8) is 0 Å². The number of rotatable bonds is 6. The topological polar surface area (TPSA) is 68.0 Å². The van der Waals surface area contributed by atoms with Crippen molar-refractivity contribution in [3.8, 4) is 0 Å². The van der Waals surface area contributed by atoms with Crippen LogP contribution >= 0.6 is 0 Å². The third kappa shape index (κ3) is 4.48. The summed E-state index contributed by atoms with van der Waals surface area (Å²) >= 11 is 0. The molecule has 20 heavy (non-hydrogen) atoms. The highest BCUT2D eigenvalue weighted by Gasteiger charge is 2.03. The summed E-state index contributed by atoms with van der Waals surface area (Å²) in [5.74, 6) is 0.00374. The summed E-state index contributed by atoms with van der Waals surface area (Å²) < 4.78 is 0.